The zero-order chi connectivity index (χ0) is 9.26. The number of hydrogen-bond donors (Lipinski definition) is 1. The minimum absolute atomic E-state index is 1.04. The van der Waals surface area contributed by atoms with E-state index in [4.69, 9.17) is 0 Å². The largest absolute Gasteiger partial charge is 0.388 e. The molecule has 0 aliphatic heterocycles. The number of rotatable bonds is 1. The molecule has 0 saturated heterocycles. The summed E-state index contributed by atoms with van der Waals surface area (Å²) in [5.41, 5.74) is 3.23. The fourth-order valence-corrected chi connectivity index (χ4v) is 1.51. The number of aromatic nitrogens is 1. The number of aryl methyl sites for hydroxylation is 1. The quantitative estimate of drug-likeness (QED) is 0.715. The van der Waals surface area contributed by atoms with Gasteiger partial charge in [-0.3, -0.25) is 4.98 Å². The molecule has 0 radical (unpaired) electrons. The van der Waals surface area contributed by atoms with Gasteiger partial charge in [-0.2, -0.15) is 0 Å². The van der Waals surface area contributed by atoms with Gasteiger partial charge >= 0.3 is 0 Å². The Bertz CT molecular complexity index is 435. The molecule has 0 aliphatic carbocycles. The molecule has 0 unspecified atom stereocenters. The normalized spacial score (nSPS) is 10.3. The van der Waals surface area contributed by atoms with Gasteiger partial charge in [0.25, 0.3) is 0 Å². The molecule has 2 rings (SSSR count). The van der Waals surface area contributed by atoms with E-state index in [0.29, 0.717) is 0 Å². The van der Waals surface area contributed by atoms with Crippen LogP contribution in [0.15, 0.2) is 30.3 Å². The summed E-state index contributed by atoms with van der Waals surface area (Å²) in [5, 5.41) is 4.35. The Morgan fingerprint density at radius 2 is 2.00 bits per heavy atom. The van der Waals surface area contributed by atoms with Gasteiger partial charge in [-0.1, -0.05) is 18.2 Å². The first kappa shape index (κ1) is 8.05. The SMILES string of the molecule is CNc1cc(C)nc2ccccc12. The number of fused-ring (bicyclic) bond motifs is 1. The molecule has 0 amide bonds. The third-order valence-corrected chi connectivity index (χ3v) is 2.11. The number of benzene rings is 1. The van der Waals surface area contributed by atoms with Crippen LogP contribution in [-0.2, 0) is 0 Å². The van der Waals surface area contributed by atoms with E-state index in [2.05, 4.69) is 22.4 Å². The van der Waals surface area contributed by atoms with Crippen molar-refractivity contribution in [1.82, 2.24) is 4.98 Å². The lowest BCUT2D eigenvalue weighted by Crippen LogP contribution is -1.92. The van der Waals surface area contributed by atoms with E-state index in [1.54, 1.807) is 0 Å². The maximum Gasteiger partial charge on any atom is 0.0725 e. The lowest BCUT2D eigenvalue weighted by molar-refractivity contribution is 1.25. The van der Waals surface area contributed by atoms with E-state index >= 15 is 0 Å². The molecule has 2 nitrogen and oxygen atoms in total. The van der Waals surface area contributed by atoms with Crippen LogP contribution in [0.1, 0.15) is 5.69 Å². The van der Waals surface area contributed by atoms with Crippen LogP contribution >= 0.6 is 0 Å². The van der Waals surface area contributed by atoms with Crippen LogP contribution in [0.2, 0.25) is 0 Å². The van der Waals surface area contributed by atoms with E-state index in [9.17, 15) is 0 Å². The van der Waals surface area contributed by atoms with Crippen LogP contribution in [0.25, 0.3) is 10.9 Å². The second-order valence-electron chi connectivity index (χ2n) is 3.08. The second-order valence-corrected chi connectivity index (χ2v) is 3.08. The Kier molecular flexibility index (Phi) is 1.89. The predicted molar refractivity (Wildman–Crippen MR) is 56.0 cm³/mol. The topological polar surface area (TPSA) is 24.9 Å². The number of pyridine rings is 1. The standard InChI is InChI=1S/C11H12N2/c1-8-7-11(12-2)9-5-3-4-6-10(9)13-8/h3-7H,1-2H3,(H,12,13). The summed E-state index contributed by atoms with van der Waals surface area (Å²) in [6.45, 7) is 2.01. The summed E-state index contributed by atoms with van der Waals surface area (Å²) in [7, 11) is 1.93. The first-order valence-corrected chi connectivity index (χ1v) is 4.35. The van der Waals surface area contributed by atoms with Crippen molar-refractivity contribution < 1.29 is 0 Å². The maximum absolute atomic E-state index is 4.44. The van der Waals surface area contributed by atoms with E-state index in [-0.39, 0.29) is 0 Å². The van der Waals surface area contributed by atoms with Gasteiger partial charge < -0.3 is 5.32 Å². The first-order valence-electron chi connectivity index (χ1n) is 4.35. The van der Waals surface area contributed by atoms with Gasteiger partial charge in [0.05, 0.1) is 5.52 Å². The van der Waals surface area contributed by atoms with Gasteiger partial charge in [0.1, 0.15) is 0 Å². The summed E-state index contributed by atoms with van der Waals surface area (Å²) >= 11 is 0. The Morgan fingerprint density at radius 3 is 2.77 bits per heavy atom. The van der Waals surface area contributed by atoms with Crippen LogP contribution in [0.5, 0.6) is 0 Å². The summed E-state index contributed by atoms with van der Waals surface area (Å²) < 4.78 is 0. The molecule has 1 N–H and O–H groups in total. The lowest BCUT2D eigenvalue weighted by atomic mass is 10.1. The molecule has 2 heteroatoms. The number of anilines is 1. The van der Waals surface area contributed by atoms with Gasteiger partial charge in [0.15, 0.2) is 0 Å². The van der Waals surface area contributed by atoms with Crippen molar-refractivity contribution >= 4 is 16.6 Å². The van der Waals surface area contributed by atoms with Crippen LogP contribution in [0.4, 0.5) is 5.69 Å². The monoisotopic (exact) mass is 172 g/mol. The molecule has 1 aromatic carbocycles. The molecule has 0 atom stereocenters. The van der Waals surface area contributed by atoms with Crippen LogP contribution in [0, 0.1) is 6.92 Å². The average molecular weight is 172 g/mol. The van der Waals surface area contributed by atoms with Crippen molar-refractivity contribution in [2.24, 2.45) is 0 Å². The van der Waals surface area contributed by atoms with Crippen LogP contribution in [0.3, 0.4) is 0 Å². The Morgan fingerprint density at radius 1 is 1.23 bits per heavy atom. The van der Waals surface area contributed by atoms with Gasteiger partial charge in [-0.25, -0.2) is 0 Å². The molecule has 2 aromatic rings. The van der Waals surface area contributed by atoms with E-state index < -0.39 is 0 Å². The van der Waals surface area contributed by atoms with Crippen molar-refractivity contribution in [3.63, 3.8) is 0 Å². The van der Waals surface area contributed by atoms with Crippen LogP contribution < -0.4 is 5.32 Å². The molecule has 13 heavy (non-hydrogen) atoms. The average Bonchev–Trinajstić information content (AvgIpc) is 2.16. The van der Waals surface area contributed by atoms with Crippen molar-refractivity contribution in [3.05, 3.63) is 36.0 Å². The summed E-state index contributed by atoms with van der Waals surface area (Å²) in [6.07, 6.45) is 0. The molecule has 0 saturated carbocycles. The third kappa shape index (κ3) is 1.35. The molecule has 1 heterocycles. The highest BCUT2D eigenvalue weighted by molar-refractivity contribution is 5.91. The van der Waals surface area contributed by atoms with Crippen molar-refractivity contribution in [3.8, 4) is 0 Å². The number of nitrogens with one attached hydrogen (secondary N) is 1. The fraction of sp³-hybridized carbons (Fsp3) is 0.182. The van der Waals surface area contributed by atoms with E-state index in [0.717, 1.165) is 16.9 Å². The fourth-order valence-electron chi connectivity index (χ4n) is 1.51. The zero-order valence-electron chi connectivity index (χ0n) is 7.83. The summed E-state index contributed by atoms with van der Waals surface area (Å²) in [5.74, 6) is 0. The summed E-state index contributed by atoms with van der Waals surface area (Å²) in [4.78, 5) is 4.44. The number of nitrogens with zero attached hydrogens (tertiary/aromatic N) is 1. The van der Waals surface area contributed by atoms with Crippen molar-refractivity contribution in [2.45, 2.75) is 6.92 Å². The van der Waals surface area contributed by atoms with E-state index in [1.165, 1.54) is 5.39 Å². The maximum atomic E-state index is 4.44. The molecule has 0 spiro atoms. The van der Waals surface area contributed by atoms with Crippen molar-refractivity contribution in [2.75, 3.05) is 12.4 Å². The highest BCUT2D eigenvalue weighted by Crippen LogP contribution is 2.21. The Labute approximate surface area is 77.6 Å². The van der Waals surface area contributed by atoms with Gasteiger partial charge in [-0.05, 0) is 19.1 Å². The lowest BCUT2D eigenvalue weighted by Gasteiger charge is -2.06. The molecule has 0 aliphatic rings. The molecule has 1 aromatic heterocycles. The molecule has 66 valence electrons. The second kappa shape index (κ2) is 3.05. The highest BCUT2D eigenvalue weighted by Gasteiger charge is 2.00. The van der Waals surface area contributed by atoms with Gasteiger partial charge in [0.2, 0.25) is 0 Å². The molecular weight excluding hydrogens is 160 g/mol. The first-order chi connectivity index (χ1) is 6.31. The minimum Gasteiger partial charge on any atom is -0.388 e. The number of para-hydroxylation sites is 1. The van der Waals surface area contributed by atoms with Gasteiger partial charge in [0, 0.05) is 23.8 Å². The molecule has 0 fully saturated rings. The molecular formula is C11H12N2. The third-order valence-electron chi connectivity index (χ3n) is 2.11. The van der Waals surface area contributed by atoms with Crippen molar-refractivity contribution in [1.29, 1.82) is 0 Å². The van der Waals surface area contributed by atoms with Gasteiger partial charge in [-0.15, -0.1) is 0 Å². The highest BCUT2D eigenvalue weighted by atomic mass is 14.8. The summed E-state index contributed by atoms with van der Waals surface area (Å²) in [6, 6.07) is 10.2. The molecule has 0 bridgehead atoms. The Balaban J connectivity index is 2.81. The number of hydrogen-bond acceptors (Lipinski definition) is 2. The Hall–Kier alpha value is -1.57. The smallest absolute Gasteiger partial charge is 0.0725 e. The van der Waals surface area contributed by atoms with E-state index in [1.807, 2.05) is 32.2 Å². The predicted octanol–water partition coefficient (Wildman–Crippen LogP) is 2.58. The van der Waals surface area contributed by atoms with Crippen LogP contribution in [-0.4, -0.2) is 12.0 Å². The minimum atomic E-state index is 1.04. The zero-order valence-corrected chi connectivity index (χ0v) is 7.83.